The normalized spacial score (nSPS) is 11.3. The summed E-state index contributed by atoms with van der Waals surface area (Å²) >= 11 is 0. The maximum absolute atomic E-state index is 13.2. The Labute approximate surface area is 190 Å². The van der Waals surface area contributed by atoms with Crippen LogP contribution in [-0.2, 0) is 17.8 Å². The number of carbonyl (C=O) groups is 3. The van der Waals surface area contributed by atoms with Crippen molar-refractivity contribution in [1.82, 2.24) is 5.32 Å². The Bertz CT molecular complexity index is 1110. The number of benzene rings is 3. The first-order chi connectivity index (χ1) is 16.0. The Kier molecular flexibility index (Phi) is 8.02. The van der Waals surface area contributed by atoms with Gasteiger partial charge in [-0.2, -0.15) is 5.11 Å². The number of ketones is 1. The molecule has 168 valence electrons. The molecule has 3 aromatic carbocycles. The van der Waals surface area contributed by atoms with Crippen LogP contribution in [0.1, 0.15) is 31.8 Å². The van der Waals surface area contributed by atoms with Crippen LogP contribution in [0.3, 0.4) is 0 Å². The third-order valence-electron chi connectivity index (χ3n) is 4.88. The van der Waals surface area contributed by atoms with Crippen molar-refractivity contribution in [2.24, 2.45) is 5.11 Å². The van der Waals surface area contributed by atoms with Crippen LogP contribution in [0.2, 0.25) is 0 Å². The zero-order valence-electron chi connectivity index (χ0n) is 17.7. The summed E-state index contributed by atoms with van der Waals surface area (Å²) in [4.78, 5) is 36.8. The molecule has 0 unspecified atom stereocenters. The fraction of sp³-hybridized carbons (Fsp3) is 0.160. The summed E-state index contributed by atoms with van der Waals surface area (Å²) in [6.45, 7) is -0.238. The van der Waals surface area contributed by atoms with Gasteiger partial charge in [0, 0.05) is 17.5 Å². The number of hydrogen-bond donors (Lipinski definition) is 3. The lowest BCUT2D eigenvalue weighted by Gasteiger charge is -2.18. The van der Waals surface area contributed by atoms with E-state index < -0.39 is 18.6 Å². The third-order valence-corrected chi connectivity index (χ3v) is 4.88. The Morgan fingerprint density at radius 3 is 2.12 bits per heavy atom. The first-order valence-electron chi connectivity index (χ1n) is 10.2. The van der Waals surface area contributed by atoms with E-state index in [4.69, 9.17) is 15.4 Å². The molecule has 0 radical (unpaired) electrons. The van der Waals surface area contributed by atoms with Crippen LogP contribution in [0.4, 0.5) is 0 Å². The molecule has 0 fully saturated rings. The minimum atomic E-state index is -1.09. The summed E-state index contributed by atoms with van der Waals surface area (Å²) < 4.78 is 5.11. The van der Waals surface area contributed by atoms with Crippen LogP contribution in [0.5, 0.6) is 5.75 Å². The number of rotatable bonds is 11. The van der Waals surface area contributed by atoms with E-state index in [1.807, 2.05) is 30.3 Å². The van der Waals surface area contributed by atoms with Gasteiger partial charge in [-0.3, -0.25) is 9.59 Å². The van der Waals surface area contributed by atoms with Gasteiger partial charge in [-0.25, -0.2) is 10.3 Å². The lowest BCUT2D eigenvalue weighted by Crippen LogP contribution is -2.42. The number of nitrogens with zero attached hydrogens (tertiary/aromatic N) is 1. The molecule has 33 heavy (non-hydrogen) atoms. The topological polar surface area (TPSA) is 129 Å². The molecule has 3 rings (SSSR count). The van der Waals surface area contributed by atoms with Gasteiger partial charge in [0.25, 0.3) is 5.91 Å². The maximum atomic E-state index is 13.2. The fourth-order valence-electron chi connectivity index (χ4n) is 3.22. The predicted molar refractivity (Wildman–Crippen MR) is 121 cm³/mol. The first-order valence-corrected chi connectivity index (χ1v) is 10.2. The van der Waals surface area contributed by atoms with E-state index in [2.05, 4.69) is 10.4 Å². The fourth-order valence-corrected chi connectivity index (χ4v) is 3.22. The van der Waals surface area contributed by atoms with Crippen molar-refractivity contribution in [3.63, 3.8) is 0 Å². The highest BCUT2D eigenvalue weighted by atomic mass is 16.5. The van der Waals surface area contributed by atoms with Gasteiger partial charge in [-0.15, -0.1) is 0 Å². The molecular weight excluding hydrogens is 422 g/mol. The monoisotopic (exact) mass is 445 g/mol. The van der Waals surface area contributed by atoms with E-state index in [1.54, 1.807) is 36.4 Å². The van der Waals surface area contributed by atoms with Gasteiger partial charge >= 0.3 is 5.97 Å². The molecule has 0 aliphatic carbocycles. The minimum Gasteiger partial charge on any atom is -0.482 e. The average molecular weight is 445 g/mol. The second kappa shape index (κ2) is 11.3. The molecule has 0 aliphatic heterocycles. The summed E-state index contributed by atoms with van der Waals surface area (Å²) in [7, 11) is 0. The number of aliphatic carboxylic acids is 1. The van der Waals surface area contributed by atoms with E-state index in [1.165, 1.54) is 12.1 Å². The zero-order chi connectivity index (χ0) is 23.6. The Morgan fingerprint density at radius 1 is 0.879 bits per heavy atom. The van der Waals surface area contributed by atoms with Crippen LogP contribution in [0.25, 0.3) is 0 Å². The van der Waals surface area contributed by atoms with Crippen LogP contribution in [0.15, 0.2) is 84.0 Å². The van der Waals surface area contributed by atoms with Gasteiger partial charge < -0.3 is 15.2 Å². The Hall–Kier alpha value is -4.33. The molecule has 0 aliphatic rings. The molecule has 0 spiro atoms. The number of carboxylic acids is 1. The number of carboxylic acid groups (broad SMARTS) is 1. The standard InChI is InChI=1S/C25H23N3O5/c26-27-15-18-6-8-20(9-7-18)25(32)28-22(14-17-4-2-1-3-5-17)24(31)19-10-12-21(13-11-19)33-16-23(29)30/h1-13,22,26H,14-16H2,(H,28,32)(H,29,30)/t22-/m0/s1. The largest absolute Gasteiger partial charge is 0.482 e. The van der Waals surface area contributed by atoms with Crippen molar-refractivity contribution < 1.29 is 24.2 Å². The lowest BCUT2D eigenvalue weighted by atomic mass is 9.97. The quantitative estimate of drug-likeness (QED) is 0.304. The molecule has 0 saturated heterocycles. The van der Waals surface area contributed by atoms with Crippen molar-refractivity contribution in [3.8, 4) is 5.75 Å². The van der Waals surface area contributed by atoms with E-state index in [0.717, 1.165) is 11.1 Å². The van der Waals surface area contributed by atoms with Gasteiger partial charge in [0.15, 0.2) is 12.4 Å². The number of ether oxygens (including phenoxy) is 1. The summed E-state index contributed by atoms with van der Waals surface area (Å²) in [5.74, 6) is -1.43. The van der Waals surface area contributed by atoms with Gasteiger partial charge in [-0.05, 0) is 47.5 Å². The zero-order valence-corrected chi connectivity index (χ0v) is 17.7. The number of nitrogens with one attached hydrogen (secondary N) is 2. The van der Waals surface area contributed by atoms with E-state index in [0.29, 0.717) is 23.3 Å². The molecular formula is C25H23N3O5. The molecule has 0 heterocycles. The van der Waals surface area contributed by atoms with E-state index in [9.17, 15) is 14.4 Å². The van der Waals surface area contributed by atoms with Gasteiger partial charge in [0.05, 0.1) is 12.6 Å². The van der Waals surface area contributed by atoms with Crippen molar-refractivity contribution in [3.05, 3.63) is 101 Å². The van der Waals surface area contributed by atoms with Crippen LogP contribution < -0.4 is 10.1 Å². The highest BCUT2D eigenvalue weighted by Gasteiger charge is 2.23. The highest BCUT2D eigenvalue weighted by molar-refractivity contribution is 6.04. The van der Waals surface area contributed by atoms with E-state index in [-0.39, 0.29) is 18.2 Å². The Balaban J connectivity index is 1.78. The summed E-state index contributed by atoms with van der Waals surface area (Å²) in [5.41, 5.74) is 9.40. The van der Waals surface area contributed by atoms with Crippen LogP contribution >= 0.6 is 0 Å². The number of amides is 1. The average Bonchev–Trinajstić information content (AvgIpc) is 2.83. The first kappa shape index (κ1) is 23.3. The van der Waals surface area contributed by atoms with Gasteiger partial charge in [0.1, 0.15) is 5.75 Å². The SMILES string of the molecule is N=NCc1ccc(C(=O)N[C@@H](Cc2ccccc2)C(=O)c2ccc(OCC(=O)O)cc2)cc1. The molecule has 0 aromatic heterocycles. The van der Waals surface area contributed by atoms with Crippen molar-refractivity contribution in [2.45, 2.75) is 19.0 Å². The summed E-state index contributed by atoms with van der Waals surface area (Å²) in [5, 5.41) is 14.9. The molecule has 1 atom stereocenters. The maximum Gasteiger partial charge on any atom is 0.341 e. The predicted octanol–water partition coefficient (Wildman–Crippen LogP) is 3.90. The highest BCUT2D eigenvalue weighted by Crippen LogP contribution is 2.16. The minimum absolute atomic E-state index is 0.239. The second-order valence-electron chi connectivity index (χ2n) is 7.30. The molecule has 8 heteroatoms. The van der Waals surface area contributed by atoms with Crippen LogP contribution in [-0.4, -0.2) is 35.4 Å². The van der Waals surface area contributed by atoms with Crippen molar-refractivity contribution in [2.75, 3.05) is 6.61 Å². The number of carbonyl (C=O) groups excluding carboxylic acids is 2. The number of hydrogen-bond acceptors (Lipinski definition) is 6. The summed E-state index contributed by atoms with van der Waals surface area (Å²) in [6, 6.07) is 21.4. The van der Waals surface area contributed by atoms with Crippen molar-refractivity contribution >= 4 is 17.7 Å². The third kappa shape index (κ3) is 6.83. The van der Waals surface area contributed by atoms with Gasteiger partial charge in [-0.1, -0.05) is 42.5 Å². The molecule has 0 bridgehead atoms. The van der Waals surface area contributed by atoms with Crippen LogP contribution in [0, 0.1) is 5.53 Å². The lowest BCUT2D eigenvalue weighted by molar-refractivity contribution is -0.139. The Morgan fingerprint density at radius 2 is 1.52 bits per heavy atom. The van der Waals surface area contributed by atoms with E-state index >= 15 is 0 Å². The summed E-state index contributed by atoms with van der Waals surface area (Å²) in [6.07, 6.45) is 0.304. The van der Waals surface area contributed by atoms with Crippen molar-refractivity contribution in [1.29, 1.82) is 5.53 Å². The molecule has 8 nitrogen and oxygen atoms in total. The molecule has 1 amide bonds. The smallest absolute Gasteiger partial charge is 0.341 e. The molecule has 0 saturated carbocycles. The molecule has 3 N–H and O–H groups in total. The second-order valence-corrected chi connectivity index (χ2v) is 7.30. The van der Waals surface area contributed by atoms with Gasteiger partial charge in [0.2, 0.25) is 0 Å². The molecule has 3 aromatic rings. The number of Topliss-reactive ketones (excluding diaryl/α,β-unsaturated/α-hetero) is 1.